The highest BCUT2D eigenvalue weighted by atomic mass is 16.5. The summed E-state index contributed by atoms with van der Waals surface area (Å²) in [7, 11) is 1.85. The van der Waals surface area contributed by atoms with Crippen molar-refractivity contribution in [3.63, 3.8) is 0 Å². The lowest BCUT2D eigenvalue weighted by Crippen LogP contribution is -2.11. The van der Waals surface area contributed by atoms with E-state index in [0.29, 0.717) is 13.2 Å². The van der Waals surface area contributed by atoms with Gasteiger partial charge in [0.1, 0.15) is 12.4 Å². The van der Waals surface area contributed by atoms with Crippen molar-refractivity contribution in [1.82, 2.24) is 4.98 Å². The first-order chi connectivity index (χ1) is 7.22. The van der Waals surface area contributed by atoms with Crippen LogP contribution in [0.15, 0.2) is 18.5 Å². The van der Waals surface area contributed by atoms with Gasteiger partial charge in [0.2, 0.25) is 0 Å². The molecule has 1 rings (SSSR count). The molecule has 0 saturated carbocycles. The van der Waals surface area contributed by atoms with Gasteiger partial charge in [-0.1, -0.05) is 0 Å². The molecular weight excluding hydrogens is 192 g/mol. The summed E-state index contributed by atoms with van der Waals surface area (Å²) >= 11 is 0. The van der Waals surface area contributed by atoms with Crippen molar-refractivity contribution < 1.29 is 9.47 Å². The highest BCUT2D eigenvalue weighted by Crippen LogP contribution is 2.14. The van der Waals surface area contributed by atoms with Crippen LogP contribution in [-0.4, -0.2) is 31.3 Å². The van der Waals surface area contributed by atoms with E-state index in [4.69, 9.17) is 9.47 Å². The van der Waals surface area contributed by atoms with Crippen LogP contribution in [0.5, 0.6) is 5.75 Å². The molecule has 15 heavy (non-hydrogen) atoms. The average molecular weight is 210 g/mol. The lowest BCUT2D eigenvalue weighted by molar-refractivity contribution is 0.0552. The van der Waals surface area contributed by atoms with Crippen LogP contribution in [-0.2, 0) is 4.74 Å². The maximum absolute atomic E-state index is 5.47. The Kier molecular flexibility index (Phi) is 4.90. The van der Waals surface area contributed by atoms with Crippen molar-refractivity contribution in [2.45, 2.75) is 20.0 Å². The van der Waals surface area contributed by atoms with Gasteiger partial charge in [-0.3, -0.25) is 4.98 Å². The third-order valence-corrected chi connectivity index (χ3v) is 1.81. The molecule has 4 nitrogen and oxygen atoms in total. The number of nitrogens with zero attached hydrogens (tertiary/aromatic N) is 1. The van der Waals surface area contributed by atoms with Gasteiger partial charge in [-0.05, 0) is 13.8 Å². The summed E-state index contributed by atoms with van der Waals surface area (Å²) in [6.07, 6.45) is 3.68. The molecule has 0 fully saturated rings. The van der Waals surface area contributed by atoms with Gasteiger partial charge in [0.15, 0.2) is 0 Å². The first-order valence-corrected chi connectivity index (χ1v) is 5.09. The summed E-state index contributed by atoms with van der Waals surface area (Å²) in [6, 6.07) is 1.91. The molecule has 0 aliphatic heterocycles. The summed E-state index contributed by atoms with van der Waals surface area (Å²) in [5, 5.41) is 3.00. The van der Waals surface area contributed by atoms with E-state index in [1.165, 1.54) is 0 Å². The van der Waals surface area contributed by atoms with Gasteiger partial charge in [-0.15, -0.1) is 0 Å². The average Bonchev–Trinajstić information content (AvgIpc) is 2.24. The fourth-order valence-electron chi connectivity index (χ4n) is 1.08. The minimum atomic E-state index is 0.246. The number of hydrogen-bond acceptors (Lipinski definition) is 4. The zero-order valence-electron chi connectivity index (χ0n) is 9.49. The van der Waals surface area contributed by atoms with Crippen LogP contribution in [0, 0.1) is 0 Å². The molecule has 0 unspecified atom stereocenters. The van der Waals surface area contributed by atoms with Gasteiger partial charge in [0.05, 0.1) is 30.8 Å². The van der Waals surface area contributed by atoms with Crippen LogP contribution in [0.3, 0.4) is 0 Å². The van der Waals surface area contributed by atoms with Crippen LogP contribution < -0.4 is 10.1 Å². The first-order valence-electron chi connectivity index (χ1n) is 5.09. The lowest BCUT2D eigenvalue weighted by Gasteiger charge is -2.09. The molecule has 0 radical (unpaired) electrons. The van der Waals surface area contributed by atoms with E-state index in [9.17, 15) is 0 Å². The van der Waals surface area contributed by atoms with E-state index in [1.807, 2.05) is 27.0 Å². The minimum Gasteiger partial charge on any atom is -0.489 e. The summed E-state index contributed by atoms with van der Waals surface area (Å²) in [6.45, 7) is 5.15. The van der Waals surface area contributed by atoms with E-state index < -0.39 is 0 Å². The molecule has 0 bridgehead atoms. The van der Waals surface area contributed by atoms with Gasteiger partial charge >= 0.3 is 0 Å². The number of hydrogen-bond donors (Lipinski definition) is 1. The fourth-order valence-corrected chi connectivity index (χ4v) is 1.08. The topological polar surface area (TPSA) is 43.4 Å². The molecule has 84 valence electrons. The van der Waals surface area contributed by atoms with Crippen molar-refractivity contribution in [2.24, 2.45) is 0 Å². The standard InChI is InChI=1S/C11H18N2O2/c1-9(2)14-4-5-15-11-6-10(12-3)7-13-8-11/h6-9,12H,4-5H2,1-3H3. The maximum atomic E-state index is 5.47. The highest BCUT2D eigenvalue weighted by molar-refractivity contribution is 5.44. The summed E-state index contributed by atoms with van der Waals surface area (Å²) in [5.74, 6) is 0.759. The molecule has 1 aromatic rings. The van der Waals surface area contributed by atoms with Crippen LogP contribution in [0.25, 0.3) is 0 Å². The molecule has 4 heteroatoms. The van der Waals surface area contributed by atoms with Gasteiger partial charge in [-0.25, -0.2) is 0 Å². The second kappa shape index (κ2) is 6.24. The minimum absolute atomic E-state index is 0.246. The number of pyridine rings is 1. The molecule has 0 aliphatic rings. The van der Waals surface area contributed by atoms with E-state index in [2.05, 4.69) is 10.3 Å². The third-order valence-electron chi connectivity index (χ3n) is 1.81. The monoisotopic (exact) mass is 210 g/mol. The molecule has 0 spiro atoms. The predicted octanol–water partition coefficient (Wildman–Crippen LogP) is 1.93. The molecule has 0 atom stereocenters. The van der Waals surface area contributed by atoms with Crippen LogP contribution >= 0.6 is 0 Å². The maximum Gasteiger partial charge on any atom is 0.139 e. The van der Waals surface area contributed by atoms with Gasteiger partial charge in [0, 0.05) is 13.1 Å². The normalized spacial score (nSPS) is 10.4. The number of anilines is 1. The van der Waals surface area contributed by atoms with Gasteiger partial charge < -0.3 is 14.8 Å². The highest BCUT2D eigenvalue weighted by Gasteiger charge is 1.97. The van der Waals surface area contributed by atoms with Gasteiger partial charge in [-0.2, -0.15) is 0 Å². The first kappa shape index (κ1) is 11.8. The number of rotatable bonds is 6. The molecular formula is C11H18N2O2. The smallest absolute Gasteiger partial charge is 0.139 e. The van der Waals surface area contributed by atoms with Crippen molar-refractivity contribution in [1.29, 1.82) is 0 Å². The van der Waals surface area contributed by atoms with Crippen molar-refractivity contribution in [3.05, 3.63) is 18.5 Å². The van der Waals surface area contributed by atoms with E-state index in [-0.39, 0.29) is 6.10 Å². The van der Waals surface area contributed by atoms with Crippen molar-refractivity contribution in [3.8, 4) is 5.75 Å². The second-order valence-corrected chi connectivity index (χ2v) is 3.43. The summed E-state index contributed by atoms with van der Waals surface area (Å²) in [5.41, 5.74) is 0.942. The third kappa shape index (κ3) is 4.65. The predicted molar refractivity (Wildman–Crippen MR) is 60.4 cm³/mol. The zero-order chi connectivity index (χ0) is 11.1. The fraction of sp³-hybridized carbons (Fsp3) is 0.545. The Balaban J connectivity index is 2.30. The zero-order valence-corrected chi connectivity index (χ0v) is 9.49. The Bertz CT molecular complexity index is 290. The summed E-state index contributed by atoms with van der Waals surface area (Å²) in [4.78, 5) is 4.04. The second-order valence-electron chi connectivity index (χ2n) is 3.43. The van der Waals surface area contributed by atoms with Crippen molar-refractivity contribution in [2.75, 3.05) is 25.6 Å². The van der Waals surface area contributed by atoms with E-state index >= 15 is 0 Å². The molecule has 0 saturated heterocycles. The molecule has 0 aromatic carbocycles. The Hall–Kier alpha value is -1.29. The van der Waals surface area contributed by atoms with Gasteiger partial charge in [0.25, 0.3) is 0 Å². The Morgan fingerprint density at radius 3 is 2.80 bits per heavy atom. The van der Waals surface area contributed by atoms with Crippen molar-refractivity contribution >= 4 is 5.69 Å². The van der Waals surface area contributed by atoms with E-state index in [1.54, 1.807) is 12.4 Å². The molecule has 1 aromatic heterocycles. The number of aromatic nitrogens is 1. The van der Waals surface area contributed by atoms with Crippen LogP contribution in [0.4, 0.5) is 5.69 Å². The Morgan fingerprint density at radius 1 is 1.33 bits per heavy atom. The summed E-state index contributed by atoms with van der Waals surface area (Å²) < 4.78 is 10.8. The Labute approximate surface area is 90.6 Å². The Morgan fingerprint density at radius 2 is 2.13 bits per heavy atom. The SMILES string of the molecule is CNc1cncc(OCCOC(C)C)c1. The number of nitrogens with one attached hydrogen (secondary N) is 1. The van der Waals surface area contributed by atoms with E-state index in [0.717, 1.165) is 11.4 Å². The molecule has 1 N–H and O–H groups in total. The molecule has 0 amide bonds. The largest absolute Gasteiger partial charge is 0.489 e. The quantitative estimate of drug-likeness (QED) is 0.728. The van der Waals surface area contributed by atoms with Crippen LogP contribution in [0.1, 0.15) is 13.8 Å². The van der Waals surface area contributed by atoms with Crippen LogP contribution in [0.2, 0.25) is 0 Å². The lowest BCUT2D eigenvalue weighted by atomic mass is 10.4. The molecule has 0 aliphatic carbocycles. The number of ether oxygens (including phenoxy) is 2. The molecule has 1 heterocycles.